The lowest BCUT2D eigenvalue weighted by Crippen LogP contribution is -2.38. The predicted molar refractivity (Wildman–Crippen MR) is 90.6 cm³/mol. The smallest absolute Gasteiger partial charge is 0.331 e. The number of ether oxygens (including phenoxy) is 1. The second kappa shape index (κ2) is 5.83. The quantitative estimate of drug-likeness (QED) is 0.366. The number of carbonyl (C=O) groups excluding carboxylic acids is 3. The maximum absolute atomic E-state index is 12.6. The molecule has 0 N–H and O–H groups in total. The van der Waals surface area contributed by atoms with Crippen molar-refractivity contribution in [3.63, 3.8) is 0 Å². The van der Waals surface area contributed by atoms with E-state index in [1.54, 1.807) is 12.1 Å². The van der Waals surface area contributed by atoms with Gasteiger partial charge in [0, 0.05) is 0 Å². The molecule has 0 spiro atoms. The number of imide groups is 1. The van der Waals surface area contributed by atoms with Gasteiger partial charge in [0.05, 0.1) is 11.8 Å². The standard InChI is InChI=1S/C20H21NO4/c1-11(2)14-5-3-4-6-15(14)25-16(22)10-21-19(23)17-12-7-8-13(9-12)18(17)20(21)24/h3-8,11-13,17-18H,9-10H2,1-2H3/t12-,13-,17-,18+/m0/s1. The number of carbonyl (C=O) groups is 3. The first kappa shape index (κ1) is 16.1. The summed E-state index contributed by atoms with van der Waals surface area (Å²) in [5.74, 6) is -0.583. The first-order valence-electron chi connectivity index (χ1n) is 8.80. The van der Waals surface area contributed by atoms with Crippen molar-refractivity contribution in [3.05, 3.63) is 42.0 Å². The topological polar surface area (TPSA) is 63.7 Å². The third-order valence-corrected chi connectivity index (χ3v) is 5.61. The molecule has 2 aliphatic carbocycles. The van der Waals surface area contributed by atoms with Crippen LogP contribution in [0.4, 0.5) is 0 Å². The zero-order valence-electron chi connectivity index (χ0n) is 14.3. The maximum Gasteiger partial charge on any atom is 0.331 e. The molecule has 130 valence electrons. The van der Waals surface area contributed by atoms with E-state index >= 15 is 0 Å². The third-order valence-electron chi connectivity index (χ3n) is 5.61. The van der Waals surface area contributed by atoms with Crippen LogP contribution in [0.2, 0.25) is 0 Å². The van der Waals surface area contributed by atoms with Crippen molar-refractivity contribution in [1.29, 1.82) is 0 Å². The fraction of sp³-hybridized carbons (Fsp3) is 0.450. The van der Waals surface area contributed by atoms with E-state index < -0.39 is 5.97 Å². The van der Waals surface area contributed by atoms with E-state index in [4.69, 9.17) is 4.74 Å². The average molecular weight is 339 g/mol. The number of nitrogens with zero attached hydrogens (tertiary/aromatic N) is 1. The summed E-state index contributed by atoms with van der Waals surface area (Å²) in [6.45, 7) is 3.73. The number of likely N-dealkylation sites (tertiary alicyclic amines) is 1. The molecule has 2 amide bonds. The largest absolute Gasteiger partial charge is 0.425 e. The zero-order chi connectivity index (χ0) is 17.7. The normalized spacial score (nSPS) is 29.6. The van der Waals surface area contributed by atoms with E-state index in [2.05, 4.69) is 0 Å². The highest BCUT2D eigenvalue weighted by molar-refractivity contribution is 6.08. The number of fused-ring (bicyclic) bond motifs is 5. The van der Waals surface area contributed by atoms with Crippen LogP contribution in [0.5, 0.6) is 5.75 Å². The predicted octanol–water partition coefficient (Wildman–Crippen LogP) is 2.52. The van der Waals surface area contributed by atoms with E-state index in [1.165, 1.54) is 0 Å². The third kappa shape index (κ3) is 2.49. The molecule has 2 bridgehead atoms. The van der Waals surface area contributed by atoms with Crippen molar-refractivity contribution in [2.45, 2.75) is 26.2 Å². The molecule has 1 saturated heterocycles. The summed E-state index contributed by atoms with van der Waals surface area (Å²) < 4.78 is 5.46. The lowest BCUT2D eigenvalue weighted by Gasteiger charge is -2.17. The monoisotopic (exact) mass is 339 g/mol. The second-order valence-electron chi connectivity index (χ2n) is 7.43. The highest BCUT2D eigenvalue weighted by Crippen LogP contribution is 2.52. The molecular formula is C20H21NO4. The number of allylic oxidation sites excluding steroid dienone is 2. The van der Waals surface area contributed by atoms with Gasteiger partial charge in [-0.1, -0.05) is 44.2 Å². The van der Waals surface area contributed by atoms with Gasteiger partial charge in [-0.05, 0) is 35.8 Å². The molecule has 1 aromatic rings. The van der Waals surface area contributed by atoms with Crippen LogP contribution in [0, 0.1) is 23.7 Å². The van der Waals surface area contributed by atoms with Crippen molar-refractivity contribution >= 4 is 17.8 Å². The minimum Gasteiger partial charge on any atom is -0.425 e. The number of para-hydroxylation sites is 1. The van der Waals surface area contributed by atoms with Crippen LogP contribution in [0.25, 0.3) is 0 Å². The molecule has 5 heteroatoms. The van der Waals surface area contributed by atoms with Crippen LogP contribution in [0.3, 0.4) is 0 Å². The van der Waals surface area contributed by atoms with E-state index in [0.717, 1.165) is 16.9 Å². The first-order valence-corrected chi connectivity index (χ1v) is 8.80. The van der Waals surface area contributed by atoms with Crippen molar-refractivity contribution in [2.24, 2.45) is 23.7 Å². The second-order valence-corrected chi connectivity index (χ2v) is 7.43. The van der Waals surface area contributed by atoms with E-state index in [0.29, 0.717) is 5.75 Å². The molecular weight excluding hydrogens is 318 g/mol. The molecule has 4 atom stereocenters. The minimum absolute atomic E-state index is 0.147. The van der Waals surface area contributed by atoms with Gasteiger partial charge in [0.15, 0.2) is 0 Å². The molecule has 1 heterocycles. The van der Waals surface area contributed by atoms with Gasteiger partial charge >= 0.3 is 5.97 Å². The van der Waals surface area contributed by atoms with Gasteiger partial charge < -0.3 is 4.74 Å². The summed E-state index contributed by atoms with van der Waals surface area (Å²) in [6.07, 6.45) is 4.96. The average Bonchev–Trinajstić information content (AvgIpc) is 3.25. The summed E-state index contributed by atoms with van der Waals surface area (Å²) in [5.41, 5.74) is 0.925. The van der Waals surface area contributed by atoms with Crippen molar-refractivity contribution in [3.8, 4) is 5.75 Å². The molecule has 4 rings (SSSR count). The highest BCUT2D eigenvalue weighted by Gasteiger charge is 2.59. The summed E-state index contributed by atoms with van der Waals surface area (Å²) in [5, 5.41) is 0. The molecule has 1 aromatic carbocycles. The number of esters is 1. The van der Waals surface area contributed by atoms with E-state index in [1.807, 2.05) is 38.1 Å². The molecule has 1 saturated carbocycles. The van der Waals surface area contributed by atoms with Crippen LogP contribution >= 0.6 is 0 Å². The van der Waals surface area contributed by atoms with E-state index in [-0.39, 0.29) is 47.9 Å². The number of rotatable bonds is 4. The van der Waals surface area contributed by atoms with Gasteiger partial charge in [-0.3, -0.25) is 14.5 Å². The summed E-state index contributed by atoms with van der Waals surface area (Å²) in [4.78, 5) is 38.7. The molecule has 5 nitrogen and oxygen atoms in total. The maximum atomic E-state index is 12.6. The van der Waals surface area contributed by atoms with E-state index in [9.17, 15) is 14.4 Å². The van der Waals surface area contributed by atoms with Crippen LogP contribution < -0.4 is 4.74 Å². The minimum atomic E-state index is -0.574. The van der Waals surface area contributed by atoms with Crippen molar-refractivity contribution in [1.82, 2.24) is 4.90 Å². The van der Waals surface area contributed by atoms with Gasteiger partial charge in [0.25, 0.3) is 0 Å². The Labute approximate surface area is 146 Å². The number of benzene rings is 1. The lowest BCUT2D eigenvalue weighted by atomic mass is 9.85. The molecule has 0 unspecified atom stereocenters. The fourth-order valence-corrected chi connectivity index (χ4v) is 4.45. The molecule has 1 aliphatic heterocycles. The zero-order valence-corrected chi connectivity index (χ0v) is 14.3. The van der Waals surface area contributed by atoms with Gasteiger partial charge in [0.2, 0.25) is 11.8 Å². The van der Waals surface area contributed by atoms with Crippen LogP contribution in [0.1, 0.15) is 31.7 Å². The Kier molecular flexibility index (Phi) is 3.74. The van der Waals surface area contributed by atoms with Crippen molar-refractivity contribution in [2.75, 3.05) is 6.54 Å². The Morgan fingerprint density at radius 1 is 1.12 bits per heavy atom. The van der Waals surface area contributed by atoms with Gasteiger partial charge in [-0.2, -0.15) is 0 Å². The Bertz CT molecular complexity index is 752. The Balaban J connectivity index is 1.47. The molecule has 25 heavy (non-hydrogen) atoms. The van der Waals surface area contributed by atoms with Gasteiger partial charge in [0.1, 0.15) is 12.3 Å². The molecule has 3 aliphatic rings. The number of hydrogen-bond donors (Lipinski definition) is 0. The number of hydrogen-bond acceptors (Lipinski definition) is 4. The lowest BCUT2D eigenvalue weighted by molar-refractivity contribution is -0.148. The van der Waals surface area contributed by atoms with Gasteiger partial charge in [-0.15, -0.1) is 0 Å². The summed E-state index contributed by atoms with van der Waals surface area (Å²) in [7, 11) is 0. The Morgan fingerprint density at radius 3 is 2.32 bits per heavy atom. The van der Waals surface area contributed by atoms with Crippen molar-refractivity contribution < 1.29 is 19.1 Å². The molecule has 0 radical (unpaired) electrons. The molecule has 0 aromatic heterocycles. The SMILES string of the molecule is CC(C)c1ccccc1OC(=O)CN1C(=O)[C@@H]2[C@H](C1=O)[C@H]1C=C[C@H]2C1. The van der Waals surface area contributed by atoms with Crippen LogP contribution in [-0.2, 0) is 14.4 Å². The summed E-state index contributed by atoms with van der Waals surface area (Å²) >= 11 is 0. The fourth-order valence-electron chi connectivity index (χ4n) is 4.45. The van der Waals surface area contributed by atoms with Gasteiger partial charge in [-0.25, -0.2) is 4.79 Å². The first-order chi connectivity index (χ1) is 12.0. The van der Waals surface area contributed by atoms with Crippen LogP contribution in [-0.4, -0.2) is 29.2 Å². The number of amides is 2. The summed E-state index contributed by atoms with van der Waals surface area (Å²) in [6, 6.07) is 7.34. The Morgan fingerprint density at radius 2 is 1.72 bits per heavy atom. The Hall–Kier alpha value is -2.43. The highest BCUT2D eigenvalue weighted by atomic mass is 16.5. The van der Waals surface area contributed by atoms with Crippen LogP contribution in [0.15, 0.2) is 36.4 Å². The molecule has 2 fully saturated rings.